The first-order valence-electron chi connectivity index (χ1n) is 3.65. The fourth-order valence-corrected chi connectivity index (χ4v) is 0.479. The molecule has 2 heteroatoms. The van der Waals surface area contributed by atoms with Gasteiger partial charge in [0.1, 0.15) is 0 Å². The zero-order valence-electron chi connectivity index (χ0n) is 7.49. The lowest BCUT2D eigenvalue weighted by Gasteiger charge is -2.19. The van der Waals surface area contributed by atoms with Crippen LogP contribution in [0.4, 0.5) is 0 Å². The number of amides is 1. The van der Waals surface area contributed by atoms with E-state index in [9.17, 15) is 4.79 Å². The highest BCUT2D eigenvalue weighted by atomic mass is 16.2. The third-order valence-electron chi connectivity index (χ3n) is 1.10. The Kier molecular flexibility index (Phi) is 2.88. The van der Waals surface area contributed by atoms with Crippen molar-refractivity contribution in [2.24, 2.45) is 5.41 Å². The number of carbonyl (C=O) groups excluding carboxylic acids is 1. The van der Waals surface area contributed by atoms with E-state index in [4.69, 9.17) is 0 Å². The number of hydrogen-bond donors (Lipinski definition) is 1. The molecule has 0 fully saturated rings. The van der Waals surface area contributed by atoms with Crippen molar-refractivity contribution < 1.29 is 4.79 Å². The van der Waals surface area contributed by atoms with Crippen LogP contribution in [0.2, 0.25) is 0 Å². The first-order chi connectivity index (χ1) is 4.34. The molecule has 0 spiro atoms. The molecular weight excluding hydrogens is 126 g/mol. The van der Waals surface area contributed by atoms with Crippen LogP contribution in [-0.4, -0.2) is 11.9 Å². The van der Waals surface area contributed by atoms with Crippen molar-refractivity contribution in [2.75, 3.05) is 0 Å². The molecule has 0 saturated carbocycles. The van der Waals surface area contributed by atoms with Crippen LogP contribution < -0.4 is 5.32 Å². The Bertz CT molecular complexity index is 122. The molecule has 0 atom stereocenters. The van der Waals surface area contributed by atoms with Crippen molar-refractivity contribution in [2.45, 2.75) is 40.7 Å². The number of carbonyl (C=O) groups is 1. The van der Waals surface area contributed by atoms with Gasteiger partial charge < -0.3 is 5.32 Å². The molecule has 2 nitrogen and oxygen atoms in total. The second-order valence-corrected chi connectivity index (χ2v) is 3.88. The molecule has 0 rings (SSSR count). The molecule has 1 N–H and O–H groups in total. The van der Waals surface area contributed by atoms with Crippen LogP contribution in [0.25, 0.3) is 0 Å². The van der Waals surface area contributed by atoms with Gasteiger partial charge in [0.05, 0.1) is 0 Å². The number of rotatable bonds is 1. The van der Waals surface area contributed by atoms with Gasteiger partial charge in [-0.3, -0.25) is 4.79 Å². The van der Waals surface area contributed by atoms with E-state index in [0.717, 1.165) is 0 Å². The van der Waals surface area contributed by atoms with E-state index in [-0.39, 0.29) is 17.4 Å². The van der Waals surface area contributed by atoms with Gasteiger partial charge in [-0.2, -0.15) is 0 Å². The summed E-state index contributed by atoms with van der Waals surface area (Å²) >= 11 is 0. The van der Waals surface area contributed by atoms with Crippen LogP contribution in [0.5, 0.6) is 0 Å². The summed E-state index contributed by atoms with van der Waals surface area (Å²) in [5.74, 6) is 0.113. The van der Waals surface area contributed by atoms with Gasteiger partial charge in [0, 0.05) is 11.5 Å². The van der Waals surface area contributed by atoms with Crippen LogP contribution >= 0.6 is 0 Å². The van der Waals surface area contributed by atoms with E-state index in [1.165, 1.54) is 0 Å². The van der Waals surface area contributed by atoms with Crippen LogP contribution in [-0.2, 0) is 4.79 Å². The van der Waals surface area contributed by atoms with Crippen LogP contribution in [0, 0.1) is 5.41 Å². The molecule has 10 heavy (non-hydrogen) atoms. The van der Waals surface area contributed by atoms with Gasteiger partial charge in [-0.05, 0) is 13.8 Å². The van der Waals surface area contributed by atoms with Crippen molar-refractivity contribution in [3.8, 4) is 0 Å². The maximum absolute atomic E-state index is 11.2. The maximum Gasteiger partial charge on any atom is 0.225 e. The van der Waals surface area contributed by atoms with E-state index in [2.05, 4.69) is 5.32 Å². The Morgan fingerprint density at radius 3 is 1.80 bits per heavy atom. The Balaban J connectivity index is 3.87. The highest BCUT2D eigenvalue weighted by molar-refractivity contribution is 5.81. The lowest BCUT2D eigenvalue weighted by Crippen LogP contribution is -2.38. The molecule has 0 bridgehead atoms. The second-order valence-electron chi connectivity index (χ2n) is 3.88. The maximum atomic E-state index is 11.2. The SMILES string of the molecule is CC(C)NC(=O)C(C)(C)C. The Hall–Kier alpha value is -0.530. The van der Waals surface area contributed by atoms with Gasteiger partial charge in [-0.25, -0.2) is 0 Å². The van der Waals surface area contributed by atoms with Crippen molar-refractivity contribution in [1.29, 1.82) is 0 Å². The van der Waals surface area contributed by atoms with Gasteiger partial charge in [-0.1, -0.05) is 20.8 Å². The molecule has 0 saturated heterocycles. The molecule has 0 aliphatic rings. The lowest BCUT2D eigenvalue weighted by molar-refractivity contribution is -0.129. The van der Waals surface area contributed by atoms with Crippen LogP contribution in [0.1, 0.15) is 34.6 Å². The quantitative estimate of drug-likeness (QED) is 0.593. The molecule has 0 aromatic rings. The van der Waals surface area contributed by atoms with Crippen molar-refractivity contribution in [1.82, 2.24) is 5.32 Å². The zero-order valence-corrected chi connectivity index (χ0v) is 7.49. The molecular formula is C8H17NO. The summed E-state index contributed by atoms with van der Waals surface area (Å²) in [5, 5.41) is 2.84. The molecule has 0 aliphatic heterocycles. The molecule has 0 heterocycles. The predicted octanol–water partition coefficient (Wildman–Crippen LogP) is 1.56. The molecule has 0 aromatic heterocycles. The number of nitrogens with one attached hydrogen (secondary N) is 1. The largest absolute Gasteiger partial charge is 0.353 e. The monoisotopic (exact) mass is 143 g/mol. The lowest BCUT2D eigenvalue weighted by atomic mass is 9.95. The summed E-state index contributed by atoms with van der Waals surface area (Å²) < 4.78 is 0. The third-order valence-corrected chi connectivity index (χ3v) is 1.10. The Labute approximate surface area is 63.0 Å². The molecule has 0 radical (unpaired) electrons. The van der Waals surface area contributed by atoms with E-state index >= 15 is 0 Å². The standard InChI is InChI=1S/C8H17NO/c1-6(2)9-7(10)8(3,4)5/h6H,1-5H3,(H,9,10). The van der Waals surface area contributed by atoms with Crippen LogP contribution in [0.3, 0.4) is 0 Å². The van der Waals surface area contributed by atoms with E-state index in [0.29, 0.717) is 0 Å². The van der Waals surface area contributed by atoms with E-state index < -0.39 is 0 Å². The predicted molar refractivity (Wildman–Crippen MR) is 42.7 cm³/mol. The smallest absolute Gasteiger partial charge is 0.225 e. The van der Waals surface area contributed by atoms with Crippen LogP contribution in [0.15, 0.2) is 0 Å². The Morgan fingerprint density at radius 1 is 1.30 bits per heavy atom. The summed E-state index contributed by atoms with van der Waals surface area (Å²) in [6.07, 6.45) is 0. The average molecular weight is 143 g/mol. The minimum Gasteiger partial charge on any atom is -0.353 e. The van der Waals surface area contributed by atoms with Gasteiger partial charge in [0.15, 0.2) is 0 Å². The average Bonchev–Trinajstić information content (AvgIpc) is 1.60. The fraction of sp³-hybridized carbons (Fsp3) is 0.875. The summed E-state index contributed by atoms with van der Waals surface area (Å²) in [5.41, 5.74) is -0.260. The van der Waals surface area contributed by atoms with Gasteiger partial charge in [-0.15, -0.1) is 0 Å². The van der Waals surface area contributed by atoms with E-state index in [1.54, 1.807) is 0 Å². The normalized spacial score (nSPS) is 11.8. The first-order valence-corrected chi connectivity index (χ1v) is 3.65. The topological polar surface area (TPSA) is 29.1 Å². The van der Waals surface area contributed by atoms with Crippen molar-refractivity contribution >= 4 is 5.91 Å². The van der Waals surface area contributed by atoms with Gasteiger partial charge >= 0.3 is 0 Å². The first kappa shape index (κ1) is 9.47. The number of hydrogen-bond acceptors (Lipinski definition) is 1. The minimum atomic E-state index is -0.260. The molecule has 0 unspecified atom stereocenters. The second kappa shape index (κ2) is 3.04. The summed E-state index contributed by atoms with van der Waals surface area (Å²) in [6.45, 7) is 9.65. The fourth-order valence-electron chi connectivity index (χ4n) is 0.479. The molecule has 0 aromatic carbocycles. The molecule has 1 amide bonds. The van der Waals surface area contributed by atoms with Gasteiger partial charge in [0.25, 0.3) is 0 Å². The molecule has 0 aliphatic carbocycles. The summed E-state index contributed by atoms with van der Waals surface area (Å²) in [7, 11) is 0. The zero-order chi connectivity index (χ0) is 8.36. The van der Waals surface area contributed by atoms with Crippen molar-refractivity contribution in [3.05, 3.63) is 0 Å². The van der Waals surface area contributed by atoms with Gasteiger partial charge in [0.2, 0.25) is 5.91 Å². The van der Waals surface area contributed by atoms with Crippen molar-refractivity contribution in [3.63, 3.8) is 0 Å². The van der Waals surface area contributed by atoms with E-state index in [1.807, 2.05) is 34.6 Å². The molecule has 60 valence electrons. The highest BCUT2D eigenvalue weighted by Crippen LogP contribution is 2.12. The highest BCUT2D eigenvalue weighted by Gasteiger charge is 2.20. The Morgan fingerprint density at radius 2 is 1.70 bits per heavy atom. The third kappa shape index (κ3) is 3.49. The summed E-state index contributed by atoms with van der Waals surface area (Å²) in [4.78, 5) is 11.2. The summed E-state index contributed by atoms with van der Waals surface area (Å²) in [6, 6.07) is 0.242. The minimum absolute atomic E-state index is 0.113.